The van der Waals surface area contributed by atoms with Gasteiger partial charge in [0.15, 0.2) is 0 Å². The molecule has 0 N–H and O–H groups in total. The van der Waals surface area contributed by atoms with E-state index in [1.165, 1.54) is 110 Å². The molecule has 9 aromatic carbocycles. The lowest BCUT2D eigenvalue weighted by Crippen LogP contribution is -2.56. The van der Waals surface area contributed by atoms with Gasteiger partial charge in [0.2, 0.25) is 0 Å². The summed E-state index contributed by atoms with van der Waals surface area (Å²) in [6.07, 6.45) is 0. The average Bonchev–Trinajstić information content (AvgIpc) is 3.80. The molecule has 66 heavy (non-hydrogen) atoms. The average molecular weight is 857 g/mol. The third kappa shape index (κ3) is 5.33. The summed E-state index contributed by atoms with van der Waals surface area (Å²) in [5, 5.41) is 12.8. The summed E-state index contributed by atoms with van der Waals surface area (Å²) in [6.45, 7) is 27.9. The van der Waals surface area contributed by atoms with E-state index in [-0.39, 0.29) is 28.5 Å². The Morgan fingerprint density at radius 3 is 1.76 bits per heavy atom. The van der Waals surface area contributed by atoms with Crippen LogP contribution in [0.2, 0.25) is 0 Å². The summed E-state index contributed by atoms with van der Waals surface area (Å²) in [7, 11) is 0. The van der Waals surface area contributed by atoms with Crippen molar-refractivity contribution < 1.29 is 4.42 Å². The largest absolute Gasteiger partial charge is 0.456 e. The van der Waals surface area contributed by atoms with Crippen molar-refractivity contribution in [2.45, 2.75) is 105 Å². The fraction of sp³-hybridized carbons (Fsp3) is 0.258. The number of para-hydroxylation sites is 1. The van der Waals surface area contributed by atoms with Crippen LogP contribution in [0.15, 0.2) is 132 Å². The molecule has 0 saturated heterocycles. The molecule has 4 heterocycles. The molecule has 0 bridgehead atoms. The zero-order valence-electron chi connectivity index (χ0n) is 40.5. The molecule has 11 aromatic rings. The van der Waals surface area contributed by atoms with Gasteiger partial charge in [-0.2, -0.15) is 0 Å². The molecule has 4 heteroatoms. The lowest BCUT2D eigenvalue weighted by molar-refractivity contribution is 0.590. The van der Waals surface area contributed by atoms with Crippen molar-refractivity contribution in [3.05, 3.63) is 150 Å². The molecule has 0 atom stereocenters. The number of nitrogens with zero attached hydrogens (tertiary/aromatic N) is 2. The number of aromatic nitrogens is 1. The van der Waals surface area contributed by atoms with Crippen LogP contribution in [0.4, 0.5) is 17.1 Å². The van der Waals surface area contributed by atoms with Crippen LogP contribution < -0.4 is 15.8 Å². The highest BCUT2D eigenvalue weighted by Crippen LogP contribution is 2.54. The van der Waals surface area contributed by atoms with Gasteiger partial charge >= 0.3 is 6.85 Å². The van der Waals surface area contributed by atoms with Crippen LogP contribution in [-0.4, -0.2) is 11.3 Å². The highest BCUT2D eigenvalue weighted by atomic mass is 16.3. The van der Waals surface area contributed by atoms with Gasteiger partial charge in [-0.25, -0.2) is 0 Å². The number of fused-ring (bicyclic) bond motifs is 12. The standard InChI is InChI=1S/C62H57BN2O/c1-59(2,3)36-19-22-40(23-20-36)64-50-32-45-41-15-13-14-16-51(41)66-52(45)33-48(50)63-56-55(42-24-17-34-27-38(61(7,8)9)28-35-18-25-43(58(56)64)54(42)53(34)35)47-31-39(62(10,11)12)30-46-44-29-37(60(4,5)6)21-26-49(44)65(63)57(46)47/h13-33H,1-12H3. The maximum absolute atomic E-state index is 6.83. The van der Waals surface area contributed by atoms with E-state index in [2.05, 4.69) is 220 Å². The minimum atomic E-state index is -0.129. The van der Waals surface area contributed by atoms with Crippen molar-refractivity contribution in [2.75, 3.05) is 4.90 Å². The molecule has 0 aliphatic carbocycles. The van der Waals surface area contributed by atoms with Crippen molar-refractivity contribution in [1.29, 1.82) is 0 Å². The van der Waals surface area contributed by atoms with Gasteiger partial charge in [-0.1, -0.05) is 156 Å². The Morgan fingerprint density at radius 1 is 0.455 bits per heavy atom. The zero-order chi connectivity index (χ0) is 45.7. The van der Waals surface area contributed by atoms with Gasteiger partial charge < -0.3 is 13.8 Å². The molecular weight excluding hydrogens is 800 g/mol. The van der Waals surface area contributed by atoms with Crippen molar-refractivity contribution in [3.63, 3.8) is 0 Å². The highest BCUT2D eigenvalue weighted by Gasteiger charge is 2.46. The Bertz CT molecular complexity index is 3890. The second kappa shape index (κ2) is 12.7. The van der Waals surface area contributed by atoms with Gasteiger partial charge in [-0.3, -0.25) is 0 Å². The van der Waals surface area contributed by atoms with E-state index in [9.17, 15) is 0 Å². The lowest BCUT2D eigenvalue weighted by atomic mass is 9.44. The molecule has 13 rings (SSSR count). The highest BCUT2D eigenvalue weighted by molar-refractivity contribution is 6.91. The van der Waals surface area contributed by atoms with Crippen LogP contribution in [0.1, 0.15) is 105 Å². The zero-order valence-corrected chi connectivity index (χ0v) is 40.5. The van der Waals surface area contributed by atoms with Crippen molar-refractivity contribution in [1.82, 2.24) is 4.48 Å². The van der Waals surface area contributed by atoms with Crippen LogP contribution >= 0.6 is 0 Å². The Kier molecular flexibility index (Phi) is 7.65. The fourth-order valence-corrected chi connectivity index (χ4v) is 11.9. The third-order valence-electron chi connectivity index (χ3n) is 15.5. The minimum absolute atomic E-state index is 0.00488. The predicted molar refractivity (Wildman–Crippen MR) is 286 cm³/mol. The Hall–Kier alpha value is -6.52. The summed E-state index contributed by atoms with van der Waals surface area (Å²) < 4.78 is 9.55. The number of hydrogen-bond acceptors (Lipinski definition) is 2. The second-order valence-electron chi connectivity index (χ2n) is 23.8. The predicted octanol–water partition coefficient (Wildman–Crippen LogP) is 16.2. The van der Waals surface area contributed by atoms with E-state index in [1.54, 1.807) is 0 Å². The Balaban J connectivity index is 1.28. The Labute approximate surface area is 388 Å². The fourth-order valence-electron chi connectivity index (χ4n) is 11.9. The van der Waals surface area contributed by atoms with Crippen molar-refractivity contribution >= 4 is 111 Å². The topological polar surface area (TPSA) is 21.3 Å². The van der Waals surface area contributed by atoms with Crippen molar-refractivity contribution in [2.24, 2.45) is 0 Å². The van der Waals surface area contributed by atoms with Gasteiger partial charge in [-0.05, 0) is 137 Å². The summed E-state index contributed by atoms with van der Waals surface area (Å²) in [5.74, 6) is 0. The number of rotatable bonds is 1. The molecule has 3 nitrogen and oxygen atoms in total. The van der Waals surface area contributed by atoms with E-state index in [4.69, 9.17) is 4.42 Å². The summed E-state index contributed by atoms with van der Waals surface area (Å²) >= 11 is 0. The van der Waals surface area contributed by atoms with Crippen LogP contribution in [-0.2, 0) is 21.7 Å². The molecule has 0 radical (unpaired) electrons. The number of anilines is 3. The summed E-state index contributed by atoms with van der Waals surface area (Å²) in [4.78, 5) is 2.63. The summed E-state index contributed by atoms with van der Waals surface area (Å²) in [6, 6.07) is 49.9. The number of furan rings is 1. The number of benzene rings is 9. The maximum atomic E-state index is 6.83. The van der Waals surface area contributed by atoms with E-state index in [1.807, 2.05) is 0 Å². The first-order valence-corrected chi connectivity index (χ1v) is 24.0. The molecule has 0 saturated carbocycles. The SMILES string of the molecule is CC(C)(C)c1ccc(N2c3cc4c(cc3B3c5c(c6ccc7cc(C(C)(C)C)cc8ccc(c52)c6c78)-c2cc(C(C)(C)C)cc5c6cc(C(C)(C)C)ccc6n3c25)oc2ccccc24)cc1. The van der Waals surface area contributed by atoms with Gasteiger partial charge in [0.25, 0.3) is 0 Å². The van der Waals surface area contributed by atoms with E-state index < -0.39 is 0 Å². The number of hydrogen-bond donors (Lipinski definition) is 0. The van der Waals surface area contributed by atoms with Gasteiger partial charge in [-0.15, -0.1) is 0 Å². The molecule has 2 aliphatic heterocycles. The molecular formula is C62H57BN2O. The van der Waals surface area contributed by atoms with Gasteiger partial charge in [0.1, 0.15) is 11.2 Å². The Morgan fingerprint density at radius 2 is 1.08 bits per heavy atom. The molecule has 0 fully saturated rings. The van der Waals surface area contributed by atoms with Crippen LogP contribution in [0.25, 0.3) is 87.2 Å². The molecule has 0 amide bonds. The summed E-state index contributed by atoms with van der Waals surface area (Å²) in [5.41, 5.74) is 18.7. The molecule has 2 aliphatic rings. The normalized spacial score (nSPS) is 14.3. The van der Waals surface area contributed by atoms with E-state index in [0.29, 0.717) is 0 Å². The quantitative estimate of drug-likeness (QED) is 0.121. The third-order valence-corrected chi connectivity index (χ3v) is 15.5. The molecule has 0 spiro atoms. The minimum Gasteiger partial charge on any atom is -0.456 e. The van der Waals surface area contributed by atoms with Crippen LogP contribution in [0.3, 0.4) is 0 Å². The van der Waals surface area contributed by atoms with Crippen LogP contribution in [0.5, 0.6) is 0 Å². The molecule has 0 unspecified atom stereocenters. The van der Waals surface area contributed by atoms with Gasteiger partial charge in [0.05, 0.1) is 5.69 Å². The van der Waals surface area contributed by atoms with Crippen molar-refractivity contribution in [3.8, 4) is 11.1 Å². The monoisotopic (exact) mass is 856 g/mol. The lowest BCUT2D eigenvalue weighted by Gasteiger charge is -2.42. The first-order valence-electron chi connectivity index (χ1n) is 24.0. The van der Waals surface area contributed by atoms with E-state index >= 15 is 0 Å². The first kappa shape index (κ1) is 39.8. The molecule has 324 valence electrons. The van der Waals surface area contributed by atoms with Gasteiger partial charge in [0, 0.05) is 60.3 Å². The smallest absolute Gasteiger partial charge is 0.333 e. The maximum Gasteiger partial charge on any atom is 0.333 e. The first-order chi connectivity index (χ1) is 31.3. The second-order valence-corrected chi connectivity index (χ2v) is 23.8. The van der Waals surface area contributed by atoms with E-state index in [0.717, 1.165) is 27.6 Å². The van der Waals surface area contributed by atoms with Crippen LogP contribution in [0, 0.1) is 0 Å². The molecule has 2 aromatic heterocycles.